The number of sulfonamides is 1. The van der Waals surface area contributed by atoms with Gasteiger partial charge in [0.1, 0.15) is 0 Å². The van der Waals surface area contributed by atoms with Crippen molar-refractivity contribution in [3.63, 3.8) is 0 Å². The Morgan fingerprint density at radius 3 is 2.83 bits per heavy atom. The molecule has 0 saturated carbocycles. The number of fused-ring (bicyclic) bond motifs is 2. The molecule has 2 aromatic carbocycles. The Kier molecular flexibility index (Phi) is 3.16. The first-order valence-corrected chi connectivity index (χ1v) is 9.03. The highest BCUT2D eigenvalue weighted by molar-refractivity contribution is 7.92. The van der Waals surface area contributed by atoms with E-state index >= 15 is 0 Å². The number of nitrogens with zero attached hydrogens (tertiary/aromatic N) is 3. The van der Waals surface area contributed by atoms with Gasteiger partial charge in [-0.2, -0.15) is 0 Å². The molecule has 0 atom stereocenters. The second-order valence-electron chi connectivity index (χ2n) is 5.82. The van der Waals surface area contributed by atoms with Crippen LogP contribution in [-0.2, 0) is 23.5 Å². The van der Waals surface area contributed by atoms with Gasteiger partial charge in [0.15, 0.2) is 0 Å². The zero-order valence-corrected chi connectivity index (χ0v) is 13.6. The Labute approximate surface area is 135 Å². The third kappa shape index (κ3) is 2.21. The maximum atomic E-state index is 13.1. The van der Waals surface area contributed by atoms with Crippen molar-refractivity contribution in [3.8, 4) is 0 Å². The summed E-state index contributed by atoms with van der Waals surface area (Å²) in [5.74, 6) is 0. The Hall–Kier alpha value is -2.34. The van der Waals surface area contributed by atoms with Crippen molar-refractivity contribution in [2.75, 3.05) is 10.8 Å². The molecule has 0 fully saturated rings. The van der Waals surface area contributed by atoms with Gasteiger partial charge in [0.2, 0.25) is 0 Å². The topological polar surface area (TPSA) is 55.2 Å². The van der Waals surface area contributed by atoms with Crippen LogP contribution in [0.4, 0.5) is 5.69 Å². The maximum absolute atomic E-state index is 13.1. The van der Waals surface area contributed by atoms with E-state index in [9.17, 15) is 8.42 Å². The maximum Gasteiger partial charge on any atom is 0.264 e. The average Bonchev–Trinajstić information content (AvgIpc) is 2.95. The van der Waals surface area contributed by atoms with Crippen LogP contribution in [0.2, 0.25) is 0 Å². The fraction of sp³-hybridized carbons (Fsp3) is 0.235. The number of aromatic nitrogens is 2. The normalized spacial score (nSPS) is 14.9. The Balaban J connectivity index is 1.84. The van der Waals surface area contributed by atoms with E-state index in [1.807, 2.05) is 41.9 Å². The SMILES string of the molecule is Cn1cnc2cc(S(=O)(=O)N3CCCc4ccccc43)ccc21. The van der Waals surface area contributed by atoms with E-state index in [4.69, 9.17) is 0 Å². The lowest BCUT2D eigenvalue weighted by Gasteiger charge is -2.30. The zero-order valence-electron chi connectivity index (χ0n) is 12.8. The second-order valence-corrected chi connectivity index (χ2v) is 7.68. The van der Waals surface area contributed by atoms with Crippen molar-refractivity contribution >= 4 is 26.7 Å². The van der Waals surface area contributed by atoms with Gasteiger partial charge in [0.05, 0.1) is 27.9 Å². The quantitative estimate of drug-likeness (QED) is 0.727. The van der Waals surface area contributed by atoms with Gasteiger partial charge < -0.3 is 4.57 Å². The molecule has 0 amide bonds. The number of benzene rings is 2. The number of anilines is 1. The van der Waals surface area contributed by atoms with Gasteiger partial charge in [-0.25, -0.2) is 13.4 Å². The van der Waals surface area contributed by atoms with E-state index in [0.29, 0.717) is 17.0 Å². The molecule has 23 heavy (non-hydrogen) atoms. The number of hydrogen-bond donors (Lipinski definition) is 0. The number of para-hydroxylation sites is 1. The zero-order chi connectivity index (χ0) is 16.0. The first-order chi connectivity index (χ1) is 11.1. The number of hydrogen-bond acceptors (Lipinski definition) is 3. The summed E-state index contributed by atoms with van der Waals surface area (Å²) < 4.78 is 29.6. The van der Waals surface area contributed by atoms with Gasteiger partial charge in [0.25, 0.3) is 10.0 Å². The predicted molar refractivity (Wildman–Crippen MR) is 90.0 cm³/mol. The molecule has 3 aromatic rings. The molecule has 6 heteroatoms. The fourth-order valence-electron chi connectivity index (χ4n) is 3.15. The summed E-state index contributed by atoms with van der Waals surface area (Å²) in [4.78, 5) is 4.55. The van der Waals surface area contributed by atoms with Crippen molar-refractivity contribution in [3.05, 3.63) is 54.4 Å². The lowest BCUT2D eigenvalue weighted by atomic mass is 10.0. The third-order valence-electron chi connectivity index (χ3n) is 4.35. The van der Waals surface area contributed by atoms with Crippen LogP contribution in [0.5, 0.6) is 0 Å². The summed E-state index contributed by atoms with van der Waals surface area (Å²) in [5, 5.41) is 0. The van der Waals surface area contributed by atoms with Crippen molar-refractivity contribution in [1.82, 2.24) is 9.55 Å². The molecule has 0 unspecified atom stereocenters. The van der Waals surface area contributed by atoms with Gasteiger partial charge in [-0.1, -0.05) is 18.2 Å². The van der Waals surface area contributed by atoms with Gasteiger partial charge in [0, 0.05) is 13.6 Å². The molecule has 0 N–H and O–H groups in total. The monoisotopic (exact) mass is 327 g/mol. The standard InChI is InChI=1S/C17H17N3O2S/c1-19-12-18-15-11-14(8-9-17(15)19)23(21,22)20-10-4-6-13-5-2-3-7-16(13)20/h2-3,5,7-9,11-12H,4,6,10H2,1H3. The van der Waals surface area contributed by atoms with E-state index in [2.05, 4.69) is 4.98 Å². The van der Waals surface area contributed by atoms with Crippen LogP contribution >= 0.6 is 0 Å². The molecule has 0 saturated heterocycles. The largest absolute Gasteiger partial charge is 0.334 e. The van der Waals surface area contributed by atoms with Gasteiger partial charge in [-0.3, -0.25) is 4.31 Å². The average molecular weight is 327 g/mol. The van der Waals surface area contributed by atoms with Crippen molar-refractivity contribution in [1.29, 1.82) is 0 Å². The second kappa shape index (κ2) is 5.09. The van der Waals surface area contributed by atoms with Crippen molar-refractivity contribution in [2.45, 2.75) is 17.7 Å². The van der Waals surface area contributed by atoms with Crippen LogP contribution < -0.4 is 4.31 Å². The molecule has 0 radical (unpaired) electrons. The summed E-state index contributed by atoms with van der Waals surface area (Å²) in [6, 6.07) is 12.8. The minimum absolute atomic E-state index is 0.292. The molecule has 0 spiro atoms. The van der Waals surface area contributed by atoms with Gasteiger partial charge >= 0.3 is 0 Å². The van der Waals surface area contributed by atoms with E-state index < -0.39 is 10.0 Å². The Morgan fingerprint density at radius 2 is 1.96 bits per heavy atom. The smallest absolute Gasteiger partial charge is 0.264 e. The number of rotatable bonds is 2. The van der Waals surface area contributed by atoms with Crippen LogP contribution in [0, 0.1) is 0 Å². The fourth-order valence-corrected chi connectivity index (χ4v) is 4.71. The molecular weight excluding hydrogens is 310 g/mol. The molecule has 0 bridgehead atoms. The summed E-state index contributed by atoms with van der Waals surface area (Å²) >= 11 is 0. The van der Waals surface area contributed by atoms with Crippen LogP contribution in [0.1, 0.15) is 12.0 Å². The summed E-state index contributed by atoms with van der Waals surface area (Å²) in [6.07, 6.45) is 3.45. The molecule has 1 aromatic heterocycles. The summed E-state index contributed by atoms with van der Waals surface area (Å²) in [6.45, 7) is 0.513. The molecular formula is C17H17N3O2S. The highest BCUT2D eigenvalue weighted by Gasteiger charge is 2.29. The highest BCUT2D eigenvalue weighted by Crippen LogP contribution is 2.32. The van der Waals surface area contributed by atoms with E-state index in [0.717, 1.165) is 29.6 Å². The molecule has 5 nitrogen and oxygen atoms in total. The predicted octanol–water partition coefficient (Wildman–Crippen LogP) is 2.71. The summed E-state index contributed by atoms with van der Waals surface area (Å²) in [7, 11) is -1.68. The van der Waals surface area contributed by atoms with Crippen LogP contribution in [0.25, 0.3) is 11.0 Å². The molecule has 118 valence electrons. The molecule has 4 rings (SSSR count). The molecule has 1 aliphatic heterocycles. The van der Waals surface area contributed by atoms with Crippen LogP contribution in [0.3, 0.4) is 0 Å². The number of aryl methyl sites for hydroxylation is 2. The molecule has 1 aliphatic rings. The lowest BCUT2D eigenvalue weighted by Crippen LogP contribution is -2.35. The summed E-state index contributed by atoms with van der Waals surface area (Å²) in [5.41, 5.74) is 3.49. The van der Waals surface area contributed by atoms with E-state index in [1.54, 1.807) is 18.5 Å². The van der Waals surface area contributed by atoms with Gasteiger partial charge in [-0.15, -0.1) is 0 Å². The van der Waals surface area contributed by atoms with E-state index in [1.165, 1.54) is 4.31 Å². The van der Waals surface area contributed by atoms with E-state index in [-0.39, 0.29) is 0 Å². The van der Waals surface area contributed by atoms with Crippen LogP contribution in [-0.4, -0.2) is 24.5 Å². The minimum atomic E-state index is -3.57. The Bertz CT molecular complexity index is 992. The lowest BCUT2D eigenvalue weighted by molar-refractivity contribution is 0.586. The van der Waals surface area contributed by atoms with Crippen molar-refractivity contribution in [2.24, 2.45) is 7.05 Å². The van der Waals surface area contributed by atoms with Crippen LogP contribution in [0.15, 0.2) is 53.7 Å². The first-order valence-electron chi connectivity index (χ1n) is 7.59. The van der Waals surface area contributed by atoms with Gasteiger partial charge in [-0.05, 0) is 42.7 Å². The molecule has 0 aliphatic carbocycles. The van der Waals surface area contributed by atoms with Crippen molar-refractivity contribution < 1.29 is 8.42 Å². The minimum Gasteiger partial charge on any atom is -0.334 e. The first kappa shape index (κ1) is 14.3. The number of imidazole rings is 1. The highest BCUT2D eigenvalue weighted by atomic mass is 32.2. The third-order valence-corrected chi connectivity index (χ3v) is 6.16. The molecule has 2 heterocycles. The Morgan fingerprint density at radius 1 is 1.13 bits per heavy atom.